The predicted octanol–water partition coefficient (Wildman–Crippen LogP) is 5.98. The van der Waals surface area contributed by atoms with Gasteiger partial charge >= 0.3 is 0 Å². The highest BCUT2D eigenvalue weighted by Gasteiger charge is 2.52. The van der Waals surface area contributed by atoms with Crippen molar-refractivity contribution >= 4 is 5.91 Å². The lowest BCUT2D eigenvalue weighted by molar-refractivity contribution is 0.0912. The van der Waals surface area contributed by atoms with Crippen LogP contribution in [0.5, 0.6) is 5.75 Å². The van der Waals surface area contributed by atoms with Gasteiger partial charge in [-0.25, -0.2) is 0 Å². The molecule has 3 aromatic rings. The fraction of sp³-hybridized carbons (Fsp3) is 0.455. The molecule has 1 aliphatic heterocycles. The van der Waals surface area contributed by atoms with Crippen LogP contribution >= 0.6 is 0 Å². The van der Waals surface area contributed by atoms with Crippen molar-refractivity contribution in [2.45, 2.75) is 63.5 Å². The highest BCUT2D eigenvalue weighted by molar-refractivity contribution is 5.94. The number of hydrogen-bond donors (Lipinski definition) is 1. The molecule has 1 amide bonds. The van der Waals surface area contributed by atoms with Gasteiger partial charge in [-0.05, 0) is 98.0 Å². The molecule has 0 radical (unpaired) electrons. The number of nitrogens with zero attached hydrogens (tertiary/aromatic N) is 2. The molecule has 6 rings (SSSR count). The van der Waals surface area contributed by atoms with Gasteiger partial charge < -0.3 is 15.0 Å². The van der Waals surface area contributed by atoms with Crippen LogP contribution in [0, 0.1) is 11.8 Å². The van der Waals surface area contributed by atoms with E-state index in [-0.39, 0.29) is 17.4 Å². The Balaban J connectivity index is 1.18. The summed E-state index contributed by atoms with van der Waals surface area (Å²) < 4.78 is 6.02. The van der Waals surface area contributed by atoms with Gasteiger partial charge in [0.15, 0.2) is 0 Å². The van der Waals surface area contributed by atoms with Crippen LogP contribution in [-0.2, 0) is 12.0 Å². The van der Waals surface area contributed by atoms with Gasteiger partial charge in [0.05, 0.1) is 5.69 Å². The molecule has 1 aromatic heterocycles. The average Bonchev–Trinajstić information content (AvgIpc) is 3.60. The zero-order chi connectivity index (χ0) is 26.0. The van der Waals surface area contributed by atoms with Gasteiger partial charge in [0.1, 0.15) is 12.4 Å². The molecular weight excluding hydrogens is 470 g/mol. The third-order valence-electron chi connectivity index (χ3n) is 9.36. The first-order chi connectivity index (χ1) is 18.6. The van der Waals surface area contributed by atoms with E-state index in [1.54, 1.807) is 6.20 Å². The number of pyridine rings is 1. The largest absolute Gasteiger partial charge is 0.487 e. The van der Waals surface area contributed by atoms with Gasteiger partial charge in [-0.1, -0.05) is 43.7 Å². The number of likely N-dealkylation sites (tertiary alicyclic amines) is 1. The van der Waals surface area contributed by atoms with Gasteiger partial charge in [0.2, 0.25) is 0 Å². The predicted molar refractivity (Wildman–Crippen MR) is 150 cm³/mol. The maximum atomic E-state index is 13.0. The van der Waals surface area contributed by atoms with Crippen LogP contribution in [-0.4, -0.2) is 41.5 Å². The van der Waals surface area contributed by atoms with Crippen molar-refractivity contribution in [3.8, 4) is 5.75 Å². The van der Waals surface area contributed by atoms with E-state index in [1.165, 1.54) is 36.8 Å². The summed E-state index contributed by atoms with van der Waals surface area (Å²) in [6.07, 6.45) is 8.97. The number of rotatable bonds is 8. The number of ether oxygens (including phenoxy) is 1. The third-order valence-corrected chi connectivity index (χ3v) is 9.36. The Morgan fingerprint density at radius 1 is 0.974 bits per heavy atom. The van der Waals surface area contributed by atoms with Crippen molar-refractivity contribution in [3.05, 3.63) is 95.3 Å². The molecule has 198 valence electrons. The number of carbonyl (C=O) groups is 1. The Labute approximate surface area is 226 Å². The summed E-state index contributed by atoms with van der Waals surface area (Å²) in [7, 11) is 0. The third kappa shape index (κ3) is 4.96. The second kappa shape index (κ2) is 10.9. The van der Waals surface area contributed by atoms with Gasteiger partial charge in [-0.2, -0.15) is 0 Å². The Hall–Kier alpha value is -3.18. The number of hydrogen-bond acceptors (Lipinski definition) is 4. The molecule has 2 aromatic carbocycles. The molecule has 1 unspecified atom stereocenters. The van der Waals surface area contributed by atoms with Crippen molar-refractivity contribution in [1.82, 2.24) is 15.2 Å². The molecule has 0 spiro atoms. The first kappa shape index (κ1) is 25.1. The van der Waals surface area contributed by atoms with Crippen LogP contribution in [0.3, 0.4) is 0 Å². The summed E-state index contributed by atoms with van der Waals surface area (Å²) in [4.78, 5) is 19.8. The second-order valence-corrected chi connectivity index (χ2v) is 11.4. The minimum Gasteiger partial charge on any atom is -0.487 e. The molecule has 2 saturated carbocycles. The van der Waals surface area contributed by atoms with Crippen molar-refractivity contribution in [1.29, 1.82) is 0 Å². The molecule has 2 heterocycles. The summed E-state index contributed by atoms with van der Waals surface area (Å²) in [6, 6.07) is 23.4. The SMILES string of the molecule is CCN1CCC(NC(=O)c2ccc([C@]3(c4ccc(OCc5ccccn5)cc4)CC4CC[C@@H]3C4)cc2)CC1. The quantitative estimate of drug-likeness (QED) is 0.406. The van der Waals surface area contributed by atoms with E-state index < -0.39 is 0 Å². The first-order valence-corrected chi connectivity index (χ1v) is 14.4. The smallest absolute Gasteiger partial charge is 0.251 e. The lowest BCUT2D eigenvalue weighted by Crippen LogP contribution is -2.44. The maximum Gasteiger partial charge on any atom is 0.251 e. The summed E-state index contributed by atoms with van der Waals surface area (Å²) in [6.45, 7) is 5.90. The fourth-order valence-corrected chi connectivity index (χ4v) is 7.27. The molecule has 1 N–H and O–H groups in total. The number of amides is 1. The van der Waals surface area contributed by atoms with Gasteiger partial charge in [0, 0.05) is 36.3 Å². The molecule has 3 atom stereocenters. The summed E-state index contributed by atoms with van der Waals surface area (Å²) in [5.74, 6) is 2.37. The molecule has 2 aliphatic carbocycles. The van der Waals surface area contributed by atoms with Crippen LogP contribution in [0.4, 0.5) is 0 Å². The van der Waals surface area contributed by atoms with Crippen molar-refractivity contribution in [2.75, 3.05) is 19.6 Å². The molecule has 38 heavy (non-hydrogen) atoms. The highest BCUT2D eigenvalue weighted by atomic mass is 16.5. The van der Waals surface area contributed by atoms with E-state index >= 15 is 0 Å². The Morgan fingerprint density at radius 3 is 2.32 bits per heavy atom. The molecule has 3 aliphatic rings. The minimum atomic E-state index is 0.0183. The first-order valence-electron chi connectivity index (χ1n) is 14.4. The van der Waals surface area contributed by atoms with Crippen molar-refractivity contribution in [2.24, 2.45) is 11.8 Å². The molecule has 5 heteroatoms. The lowest BCUT2D eigenvalue weighted by Gasteiger charge is -2.39. The van der Waals surface area contributed by atoms with Crippen LogP contribution in [0.1, 0.15) is 72.6 Å². The van der Waals surface area contributed by atoms with Crippen LogP contribution in [0.25, 0.3) is 0 Å². The van der Waals surface area contributed by atoms with Crippen LogP contribution in [0.2, 0.25) is 0 Å². The maximum absolute atomic E-state index is 13.0. The minimum absolute atomic E-state index is 0.0183. The van der Waals surface area contributed by atoms with Crippen molar-refractivity contribution in [3.63, 3.8) is 0 Å². The standard InChI is InChI=1S/C33H39N3O2/c1-2-36-19-16-29(17-20-36)35-32(37)25-7-10-26(11-8-25)33(22-24-6-9-28(33)21-24)27-12-14-31(15-13-27)38-23-30-5-3-4-18-34-30/h3-5,7-8,10-15,18,24,28-29H,2,6,9,16-17,19-23H2,1H3,(H,35,37)/t24?,28-,33+/m1/s1. The monoisotopic (exact) mass is 509 g/mol. The summed E-state index contributed by atoms with van der Waals surface area (Å²) in [5.41, 5.74) is 4.43. The van der Waals surface area contributed by atoms with E-state index in [1.807, 2.05) is 30.3 Å². The Kier molecular flexibility index (Phi) is 7.20. The molecule has 5 nitrogen and oxygen atoms in total. The van der Waals surface area contributed by atoms with E-state index in [2.05, 4.69) is 58.5 Å². The topological polar surface area (TPSA) is 54.5 Å². The number of aromatic nitrogens is 1. The summed E-state index contributed by atoms with van der Waals surface area (Å²) >= 11 is 0. The Bertz CT molecular complexity index is 1220. The van der Waals surface area contributed by atoms with E-state index in [0.717, 1.165) is 55.4 Å². The zero-order valence-electron chi connectivity index (χ0n) is 22.4. The van der Waals surface area contributed by atoms with Crippen molar-refractivity contribution < 1.29 is 9.53 Å². The van der Waals surface area contributed by atoms with Gasteiger partial charge in [-0.3, -0.25) is 9.78 Å². The lowest BCUT2D eigenvalue weighted by atomic mass is 9.64. The zero-order valence-corrected chi connectivity index (χ0v) is 22.4. The Morgan fingerprint density at radius 2 is 1.71 bits per heavy atom. The molecule has 2 bridgehead atoms. The number of piperidine rings is 1. The van der Waals surface area contributed by atoms with Gasteiger partial charge in [-0.15, -0.1) is 0 Å². The molecule has 3 fully saturated rings. The van der Waals surface area contributed by atoms with E-state index in [0.29, 0.717) is 12.5 Å². The van der Waals surface area contributed by atoms with E-state index in [9.17, 15) is 4.79 Å². The number of fused-ring (bicyclic) bond motifs is 2. The highest BCUT2D eigenvalue weighted by Crippen LogP contribution is 2.60. The average molecular weight is 510 g/mol. The number of carbonyl (C=O) groups excluding carboxylic acids is 1. The molecular formula is C33H39N3O2. The van der Waals surface area contributed by atoms with Crippen LogP contribution < -0.4 is 10.1 Å². The summed E-state index contributed by atoms with van der Waals surface area (Å²) in [5, 5.41) is 3.28. The van der Waals surface area contributed by atoms with Gasteiger partial charge in [0.25, 0.3) is 5.91 Å². The van der Waals surface area contributed by atoms with E-state index in [4.69, 9.17) is 4.74 Å². The second-order valence-electron chi connectivity index (χ2n) is 11.4. The fourth-order valence-electron chi connectivity index (χ4n) is 7.27. The normalized spacial score (nSPS) is 25.4. The molecule has 1 saturated heterocycles. The van der Waals surface area contributed by atoms with Crippen LogP contribution in [0.15, 0.2) is 72.9 Å². The number of benzene rings is 2. The number of nitrogens with one attached hydrogen (secondary N) is 1.